The number of rotatable bonds is 1. The van der Waals surface area contributed by atoms with Crippen molar-refractivity contribution in [1.82, 2.24) is 9.88 Å². The van der Waals surface area contributed by atoms with E-state index in [1.807, 2.05) is 6.07 Å². The quantitative estimate of drug-likeness (QED) is 0.589. The predicted molar refractivity (Wildman–Crippen MR) is 92.1 cm³/mol. The van der Waals surface area contributed by atoms with Crippen LogP contribution >= 0.6 is 0 Å². The van der Waals surface area contributed by atoms with Crippen molar-refractivity contribution < 1.29 is 4.79 Å². The zero-order valence-electron chi connectivity index (χ0n) is 13.6. The number of terminal acetylenes is 1. The number of hydrogen-bond donors (Lipinski definition) is 0. The first-order valence-electron chi connectivity index (χ1n) is 8.53. The highest BCUT2D eigenvalue weighted by atomic mass is 16.1. The van der Waals surface area contributed by atoms with E-state index in [2.05, 4.69) is 20.6 Å². The van der Waals surface area contributed by atoms with Crippen LogP contribution in [0.2, 0.25) is 0 Å². The van der Waals surface area contributed by atoms with Crippen LogP contribution in [0.3, 0.4) is 0 Å². The molecule has 2 heterocycles. The van der Waals surface area contributed by atoms with Crippen molar-refractivity contribution in [1.29, 1.82) is 0 Å². The molecular weight excluding hydrogens is 298 g/mol. The third-order valence-electron chi connectivity index (χ3n) is 5.87. The maximum absolute atomic E-state index is 12.5. The molecular formula is C20H19N3O. The van der Waals surface area contributed by atoms with Crippen molar-refractivity contribution in [2.24, 2.45) is 5.41 Å². The van der Waals surface area contributed by atoms with Crippen molar-refractivity contribution in [2.45, 2.75) is 38.5 Å². The maximum Gasteiger partial charge on any atom is 0.270 e. The van der Waals surface area contributed by atoms with E-state index in [9.17, 15) is 4.79 Å². The molecule has 0 unspecified atom stereocenters. The fraction of sp³-hybridized carbons (Fsp3) is 0.450. The summed E-state index contributed by atoms with van der Waals surface area (Å²) in [5.74, 6) is 2.94. The first-order chi connectivity index (χ1) is 11.7. The van der Waals surface area contributed by atoms with Crippen molar-refractivity contribution in [2.75, 3.05) is 13.1 Å². The molecule has 2 fully saturated rings. The van der Waals surface area contributed by atoms with E-state index in [0.29, 0.717) is 16.8 Å². The monoisotopic (exact) mass is 317 g/mol. The molecule has 120 valence electrons. The van der Waals surface area contributed by atoms with Gasteiger partial charge in [-0.2, -0.15) is 0 Å². The normalized spacial score (nSPS) is 21.8. The number of carbonyl (C=O) groups is 1. The molecule has 1 saturated carbocycles. The summed E-state index contributed by atoms with van der Waals surface area (Å²) >= 11 is 0. The smallest absolute Gasteiger partial charge is 0.270 e. The largest absolute Gasteiger partial charge is 0.367 e. The van der Waals surface area contributed by atoms with Gasteiger partial charge in [0.25, 0.3) is 5.82 Å². The number of allylic oxidation sites excluding steroid dienone is 1. The van der Waals surface area contributed by atoms with Crippen LogP contribution in [0.15, 0.2) is 17.7 Å². The van der Waals surface area contributed by atoms with E-state index in [1.165, 1.54) is 19.3 Å². The van der Waals surface area contributed by atoms with Gasteiger partial charge in [0.2, 0.25) is 0 Å². The number of piperidine rings is 1. The minimum absolute atomic E-state index is 0.0127. The second-order valence-electron chi connectivity index (χ2n) is 7.10. The Balaban J connectivity index is 1.75. The van der Waals surface area contributed by atoms with E-state index in [4.69, 9.17) is 13.0 Å². The Bertz CT molecular complexity index is 823. The van der Waals surface area contributed by atoms with Gasteiger partial charge in [-0.05, 0) is 37.2 Å². The lowest BCUT2D eigenvalue weighted by molar-refractivity contribution is -0.114. The summed E-state index contributed by atoms with van der Waals surface area (Å²) in [6, 6.07) is 3.52. The number of ketones is 1. The van der Waals surface area contributed by atoms with Crippen LogP contribution in [-0.2, 0) is 11.2 Å². The molecule has 0 amide bonds. The summed E-state index contributed by atoms with van der Waals surface area (Å²) in [5.41, 5.74) is 3.36. The molecule has 24 heavy (non-hydrogen) atoms. The van der Waals surface area contributed by atoms with Crippen LogP contribution in [-0.4, -0.2) is 28.8 Å². The Kier molecular flexibility index (Phi) is 3.43. The lowest BCUT2D eigenvalue weighted by atomic mass is 9.63. The third kappa shape index (κ3) is 2.22. The van der Waals surface area contributed by atoms with E-state index in [1.54, 1.807) is 6.07 Å². The molecule has 2 aliphatic carbocycles. The standard InChI is InChI=1S/C20H19N3O/c1-3-15-16(24)13-14-5-6-17(21-2)22-18(14)19(15)23-11-9-20(10-12-23)7-4-8-20/h1,5-6H,4,7-13H2. The average molecular weight is 317 g/mol. The van der Waals surface area contributed by atoms with E-state index in [-0.39, 0.29) is 12.2 Å². The molecule has 1 spiro atoms. The van der Waals surface area contributed by atoms with Gasteiger partial charge in [0, 0.05) is 25.1 Å². The molecule has 1 aromatic heterocycles. The zero-order chi connectivity index (χ0) is 16.7. The Labute approximate surface area is 142 Å². The Hall–Kier alpha value is -2.59. The van der Waals surface area contributed by atoms with Gasteiger partial charge in [0.05, 0.1) is 5.57 Å². The first kappa shape index (κ1) is 15.0. The number of nitrogens with zero attached hydrogens (tertiary/aromatic N) is 3. The lowest BCUT2D eigenvalue weighted by Gasteiger charge is -2.49. The summed E-state index contributed by atoms with van der Waals surface area (Å²) in [5, 5.41) is 0. The highest BCUT2D eigenvalue weighted by Crippen LogP contribution is 2.50. The maximum atomic E-state index is 12.5. The van der Waals surface area contributed by atoms with Gasteiger partial charge in [-0.3, -0.25) is 4.79 Å². The Morgan fingerprint density at radius 3 is 2.58 bits per heavy atom. The molecule has 0 bridgehead atoms. The van der Waals surface area contributed by atoms with Gasteiger partial charge in [-0.25, -0.2) is 0 Å². The number of Topliss-reactive ketones (excluding diaryl/α,β-unsaturated/α-hetero) is 1. The molecule has 0 radical (unpaired) electrons. The van der Waals surface area contributed by atoms with Gasteiger partial charge >= 0.3 is 0 Å². The van der Waals surface area contributed by atoms with Crippen LogP contribution in [0, 0.1) is 24.3 Å². The van der Waals surface area contributed by atoms with Crippen molar-refractivity contribution >= 4 is 17.3 Å². The molecule has 4 heteroatoms. The van der Waals surface area contributed by atoms with Crippen LogP contribution in [0.25, 0.3) is 10.5 Å². The molecule has 1 aromatic rings. The van der Waals surface area contributed by atoms with Crippen LogP contribution < -0.4 is 0 Å². The molecule has 0 atom stereocenters. The predicted octanol–water partition coefficient (Wildman–Crippen LogP) is 3.37. The molecule has 4 rings (SSSR count). The van der Waals surface area contributed by atoms with E-state index in [0.717, 1.165) is 42.9 Å². The van der Waals surface area contributed by atoms with Crippen molar-refractivity contribution in [3.8, 4) is 12.3 Å². The van der Waals surface area contributed by atoms with E-state index >= 15 is 0 Å². The highest BCUT2D eigenvalue weighted by Gasteiger charge is 2.42. The number of pyridine rings is 1. The summed E-state index contributed by atoms with van der Waals surface area (Å²) in [6.07, 6.45) is 12.3. The van der Waals surface area contributed by atoms with Gasteiger partial charge < -0.3 is 9.74 Å². The summed E-state index contributed by atoms with van der Waals surface area (Å²) < 4.78 is 0. The Morgan fingerprint density at radius 2 is 2.00 bits per heavy atom. The topological polar surface area (TPSA) is 37.6 Å². The minimum atomic E-state index is -0.0127. The highest BCUT2D eigenvalue weighted by molar-refractivity contribution is 6.09. The minimum Gasteiger partial charge on any atom is -0.367 e. The average Bonchev–Trinajstić information content (AvgIpc) is 2.59. The van der Waals surface area contributed by atoms with Crippen LogP contribution in [0.4, 0.5) is 5.82 Å². The van der Waals surface area contributed by atoms with Crippen LogP contribution in [0.5, 0.6) is 0 Å². The van der Waals surface area contributed by atoms with Crippen LogP contribution in [0.1, 0.15) is 43.4 Å². The molecule has 0 aromatic carbocycles. The van der Waals surface area contributed by atoms with Crippen molar-refractivity contribution in [3.05, 3.63) is 40.4 Å². The number of likely N-dealkylation sites (tertiary alicyclic amines) is 1. The van der Waals surface area contributed by atoms with Crippen molar-refractivity contribution in [3.63, 3.8) is 0 Å². The Morgan fingerprint density at radius 1 is 1.25 bits per heavy atom. The number of aromatic nitrogens is 1. The summed E-state index contributed by atoms with van der Waals surface area (Å²) in [6.45, 7) is 9.04. The molecule has 4 nitrogen and oxygen atoms in total. The first-order valence-corrected chi connectivity index (χ1v) is 8.53. The van der Waals surface area contributed by atoms with Gasteiger partial charge in [0.1, 0.15) is 5.70 Å². The summed E-state index contributed by atoms with van der Waals surface area (Å²) in [4.78, 5) is 22.6. The third-order valence-corrected chi connectivity index (χ3v) is 5.87. The second kappa shape index (κ2) is 5.49. The SMILES string of the molecule is [C-]#[N+]c1ccc2c(n1)C(N1CCC3(CCC3)CC1)=C(C#C)C(=O)C2. The van der Waals surface area contributed by atoms with Gasteiger partial charge in [-0.1, -0.05) is 25.0 Å². The molecule has 1 aliphatic heterocycles. The molecule has 1 saturated heterocycles. The number of carbonyl (C=O) groups excluding carboxylic acids is 1. The number of hydrogen-bond acceptors (Lipinski definition) is 3. The number of fused-ring (bicyclic) bond motifs is 1. The van der Waals surface area contributed by atoms with Gasteiger partial charge in [-0.15, -0.1) is 11.4 Å². The van der Waals surface area contributed by atoms with Gasteiger partial charge in [0.15, 0.2) is 11.5 Å². The molecule has 3 aliphatic rings. The lowest BCUT2D eigenvalue weighted by Crippen LogP contribution is -2.43. The van der Waals surface area contributed by atoms with E-state index < -0.39 is 0 Å². The summed E-state index contributed by atoms with van der Waals surface area (Å²) in [7, 11) is 0. The fourth-order valence-corrected chi connectivity index (χ4v) is 4.24. The zero-order valence-corrected chi connectivity index (χ0v) is 13.6. The molecule has 0 N–H and O–H groups in total. The second-order valence-corrected chi connectivity index (χ2v) is 7.10. The fourth-order valence-electron chi connectivity index (χ4n) is 4.24.